The number of carbonyl (C=O) groups is 1. The van der Waals surface area contributed by atoms with Crippen molar-refractivity contribution in [1.82, 2.24) is 0 Å². The maximum atomic E-state index is 10.8. The minimum absolute atomic E-state index is 0.100. The molecule has 0 bridgehead atoms. The zero-order valence-electron chi connectivity index (χ0n) is 12.4. The summed E-state index contributed by atoms with van der Waals surface area (Å²) in [5, 5.41) is 8.86. The van der Waals surface area contributed by atoms with Gasteiger partial charge in [0.25, 0.3) is 0 Å². The summed E-state index contributed by atoms with van der Waals surface area (Å²) < 4.78 is 5.83. The molecule has 0 amide bonds. The molecule has 0 saturated heterocycles. The van der Waals surface area contributed by atoms with Crippen LogP contribution >= 0.6 is 0 Å². The van der Waals surface area contributed by atoms with Gasteiger partial charge in [-0.1, -0.05) is 12.1 Å². The number of benzene rings is 2. The lowest BCUT2D eigenvalue weighted by atomic mass is 10.1. The van der Waals surface area contributed by atoms with Crippen molar-refractivity contribution in [3.63, 3.8) is 0 Å². The fraction of sp³-hybridized carbons (Fsp3) is 0.235. The van der Waals surface area contributed by atoms with Crippen LogP contribution in [0.25, 0.3) is 0 Å². The molecule has 0 aliphatic rings. The summed E-state index contributed by atoms with van der Waals surface area (Å²) in [6.45, 7) is 1.97. The van der Waals surface area contributed by atoms with E-state index in [0.29, 0.717) is 5.75 Å². The van der Waals surface area contributed by atoms with Crippen LogP contribution in [-0.2, 0) is 0 Å². The topological polar surface area (TPSA) is 49.8 Å². The van der Waals surface area contributed by atoms with Gasteiger partial charge in [0, 0.05) is 19.8 Å². The predicted octanol–water partition coefficient (Wildman–Crippen LogP) is 3.59. The molecule has 0 saturated carbocycles. The van der Waals surface area contributed by atoms with Gasteiger partial charge in [-0.25, -0.2) is 4.79 Å². The second-order valence-corrected chi connectivity index (χ2v) is 5.08. The standard InChI is InChI=1S/C17H19NO3/c1-12(13-4-8-15(9-5-13)18(2)3)21-16-10-6-14(7-11-16)17(19)20/h4-12H,1-3H3,(H,19,20). The molecule has 0 radical (unpaired) electrons. The van der Waals surface area contributed by atoms with Gasteiger partial charge in [-0.15, -0.1) is 0 Å². The van der Waals surface area contributed by atoms with Gasteiger partial charge in [0.05, 0.1) is 5.56 Å². The molecule has 2 aromatic carbocycles. The van der Waals surface area contributed by atoms with Gasteiger partial charge in [0.15, 0.2) is 0 Å². The van der Waals surface area contributed by atoms with Crippen LogP contribution in [0.1, 0.15) is 28.9 Å². The Kier molecular flexibility index (Phi) is 4.48. The first-order chi connectivity index (χ1) is 9.97. The van der Waals surface area contributed by atoms with E-state index >= 15 is 0 Å². The van der Waals surface area contributed by atoms with Gasteiger partial charge >= 0.3 is 5.97 Å². The Balaban J connectivity index is 2.06. The van der Waals surface area contributed by atoms with Crippen molar-refractivity contribution >= 4 is 11.7 Å². The molecule has 110 valence electrons. The number of anilines is 1. The lowest BCUT2D eigenvalue weighted by molar-refractivity contribution is 0.0697. The Hall–Kier alpha value is -2.49. The number of ether oxygens (including phenoxy) is 1. The van der Waals surface area contributed by atoms with E-state index in [1.807, 2.05) is 50.2 Å². The van der Waals surface area contributed by atoms with Crippen LogP contribution in [0.5, 0.6) is 5.75 Å². The summed E-state index contributed by atoms with van der Waals surface area (Å²) in [6, 6.07) is 14.6. The van der Waals surface area contributed by atoms with Crippen molar-refractivity contribution < 1.29 is 14.6 Å². The van der Waals surface area contributed by atoms with Gasteiger partial charge in [-0.05, 0) is 48.9 Å². The van der Waals surface area contributed by atoms with E-state index in [4.69, 9.17) is 9.84 Å². The van der Waals surface area contributed by atoms with Crippen molar-refractivity contribution in [3.8, 4) is 5.75 Å². The normalized spacial score (nSPS) is 11.8. The highest BCUT2D eigenvalue weighted by atomic mass is 16.5. The largest absolute Gasteiger partial charge is 0.486 e. The third kappa shape index (κ3) is 3.75. The lowest BCUT2D eigenvalue weighted by Gasteiger charge is -2.17. The molecule has 1 unspecified atom stereocenters. The van der Waals surface area contributed by atoms with Gasteiger partial charge < -0.3 is 14.7 Å². The summed E-state index contributed by atoms with van der Waals surface area (Å²) in [6.07, 6.45) is -0.100. The molecule has 4 nitrogen and oxygen atoms in total. The maximum Gasteiger partial charge on any atom is 0.335 e. The molecule has 0 heterocycles. The summed E-state index contributed by atoms with van der Waals surface area (Å²) >= 11 is 0. The van der Waals surface area contributed by atoms with E-state index in [1.165, 1.54) is 0 Å². The molecule has 21 heavy (non-hydrogen) atoms. The first-order valence-corrected chi connectivity index (χ1v) is 6.74. The molecule has 4 heteroatoms. The maximum absolute atomic E-state index is 10.8. The second-order valence-electron chi connectivity index (χ2n) is 5.08. The molecule has 1 N–H and O–H groups in total. The Morgan fingerprint density at radius 1 is 1.05 bits per heavy atom. The monoisotopic (exact) mass is 285 g/mol. The Bertz CT molecular complexity index is 603. The molecule has 0 aromatic heterocycles. The van der Waals surface area contributed by atoms with Crippen LogP contribution in [0.2, 0.25) is 0 Å². The molecule has 0 aliphatic carbocycles. The Labute approximate surface area is 124 Å². The first-order valence-electron chi connectivity index (χ1n) is 6.74. The molecule has 2 aromatic rings. The predicted molar refractivity (Wildman–Crippen MR) is 83.2 cm³/mol. The highest BCUT2D eigenvalue weighted by molar-refractivity contribution is 5.87. The molecule has 0 fully saturated rings. The molecule has 2 rings (SSSR count). The smallest absolute Gasteiger partial charge is 0.335 e. The van der Waals surface area contributed by atoms with E-state index in [9.17, 15) is 4.79 Å². The number of hydrogen-bond donors (Lipinski definition) is 1. The van der Waals surface area contributed by atoms with Crippen molar-refractivity contribution in [1.29, 1.82) is 0 Å². The van der Waals surface area contributed by atoms with Gasteiger partial charge in [-0.2, -0.15) is 0 Å². The fourth-order valence-corrected chi connectivity index (χ4v) is 1.99. The average Bonchev–Trinajstić information content (AvgIpc) is 2.47. The molecular formula is C17H19NO3. The minimum Gasteiger partial charge on any atom is -0.486 e. The molecule has 0 spiro atoms. The number of rotatable bonds is 5. The fourth-order valence-electron chi connectivity index (χ4n) is 1.99. The number of carboxylic acid groups (broad SMARTS) is 1. The number of hydrogen-bond acceptors (Lipinski definition) is 3. The van der Waals surface area contributed by atoms with Crippen molar-refractivity contribution in [3.05, 3.63) is 59.7 Å². The second kappa shape index (κ2) is 6.31. The number of nitrogens with zero attached hydrogens (tertiary/aromatic N) is 1. The van der Waals surface area contributed by atoms with E-state index < -0.39 is 5.97 Å². The minimum atomic E-state index is -0.936. The molecule has 1 atom stereocenters. The van der Waals surface area contributed by atoms with E-state index in [0.717, 1.165) is 11.3 Å². The third-order valence-corrected chi connectivity index (χ3v) is 3.29. The van der Waals surface area contributed by atoms with Gasteiger partial charge in [0.1, 0.15) is 11.9 Å². The average molecular weight is 285 g/mol. The van der Waals surface area contributed by atoms with Crippen LogP contribution in [0.15, 0.2) is 48.5 Å². The quantitative estimate of drug-likeness (QED) is 0.912. The summed E-state index contributed by atoms with van der Waals surface area (Å²) in [4.78, 5) is 12.8. The van der Waals surface area contributed by atoms with E-state index in [1.54, 1.807) is 24.3 Å². The third-order valence-electron chi connectivity index (χ3n) is 3.29. The van der Waals surface area contributed by atoms with Crippen LogP contribution in [0, 0.1) is 0 Å². The number of carboxylic acids is 1. The van der Waals surface area contributed by atoms with Crippen LogP contribution in [-0.4, -0.2) is 25.2 Å². The zero-order chi connectivity index (χ0) is 15.4. The zero-order valence-corrected chi connectivity index (χ0v) is 12.4. The van der Waals surface area contributed by atoms with E-state index in [-0.39, 0.29) is 11.7 Å². The Morgan fingerprint density at radius 2 is 1.62 bits per heavy atom. The van der Waals surface area contributed by atoms with Crippen LogP contribution in [0.4, 0.5) is 5.69 Å². The van der Waals surface area contributed by atoms with Crippen molar-refractivity contribution in [2.24, 2.45) is 0 Å². The van der Waals surface area contributed by atoms with Crippen molar-refractivity contribution in [2.45, 2.75) is 13.0 Å². The van der Waals surface area contributed by atoms with E-state index in [2.05, 4.69) is 0 Å². The van der Waals surface area contributed by atoms with Crippen LogP contribution in [0.3, 0.4) is 0 Å². The summed E-state index contributed by atoms with van der Waals surface area (Å²) in [5.41, 5.74) is 2.46. The summed E-state index contributed by atoms with van der Waals surface area (Å²) in [5.74, 6) is -0.280. The summed E-state index contributed by atoms with van der Waals surface area (Å²) in [7, 11) is 4.00. The SMILES string of the molecule is CC(Oc1ccc(C(=O)O)cc1)c1ccc(N(C)C)cc1. The highest BCUT2D eigenvalue weighted by Crippen LogP contribution is 2.23. The Morgan fingerprint density at radius 3 is 2.10 bits per heavy atom. The van der Waals surface area contributed by atoms with Crippen LogP contribution < -0.4 is 9.64 Å². The first kappa shape index (κ1) is 14.9. The van der Waals surface area contributed by atoms with Crippen molar-refractivity contribution in [2.75, 3.05) is 19.0 Å². The molecule has 0 aliphatic heterocycles. The lowest BCUT2D eigenvalue weighted by Crippen LogP contribution is -2.09. The molecular weight excluding hydrogens is 266 g/mol. The van der Waals surface area contributed by atoms with Gasteiger partial charge in [-0.3, -0.25) is 0 Å². The number of aromatic carboxylic acids is 1. The van der Waals surface area contributed by atoms with Gasteiger partial charge in [0.2, 0.25) is 0 Å². The highest BCUT2D eigenvalue weighted by Gasteiger charge is 2.09.